The molecule has 1 aliphatic carbocycles. The molecule has 1 unspecified atom stereocenters. The normalized spacial score (nSPS) is 18.0. The summed E-state index contributed by atoms with van der Waals surface area (Å²) in [6.07, 6.45) is 8.07. The first-order valence-corrected chi connectivity index (χ1v) is 9.37. The van der Waals surface area contributed by atoms with Crippen molar-refractivity contribution in [2.45, 2.75) is 56.4 Å². The first-order chi connectivity index (χ1) is 9.97. The number of nitrogens with one attached hydrogen (secondary N) is 1. The summed E-state index contributed by atoms with van der Waals surface area (Å²) in [5, 5.41) is 8.63. The fraction of sp³-hybridized carbons (Fsp3) is 0.625. The van der Waals surface area contributed by atoms with E-state index in [9.17, 15) is 8.42 Å². The van der Waals surface area contributed by atoms with Gasteiger partial charge in [-0.05, 0) is 49.9 Å². The highest BCUT2D eigenvalue weighted by atomic mass is 32.2. The first kappa shape index (κ1) is 16.5. The average Bonchev–Trinajstić information content (AvgIpc) is 2.96. The largest absolute Gasteiger partial charge is 0.310 e. The molecule has 0 aliphatic heterocycles. The zero-order chi connectivity index (χ0) is 15.3. The van der Waals surface area contributed by atoms with Gasteiger partial charge in [-0.2, -0.15) is 0 Å². The Morgan fingerprint density at radius 2 is 2.05 bits per heavy atom. The van der Waals surface area contributed by atoms with E-state index in [2.05, 4.69) is 12.2 Å². The molecule has 3 N–H and O–H groups in total. The van der Waals surface area contributed by atoms with E-state index in [1.807, 2.05) is 6.07 Å². The SMILES string of the molecule is CC(NCCCC1CCCC1)c1cccc(S(N)(=O)=O)c1. The van der Waals surface area contributed by atoms with Crippen molar-refractivity contribution in [3.05, 3.63) is 29.8 Å². The number of rotatable bonds is 7. The second-order valence-electron chi connectivity index (χ2n) is 6.09. The van der Waals surface area contributed by atoms with Crippen molar-refractivity contribution >= 4 is 10.0 Å². The Labute approximate surface area is 128 Å². The van der Waals surface area contributed by atoms with E-state index in [4.69, 9.17) is 5.14 Å². The molecule has 5 heteroatoms. The molecule has 2 rings (SSSR count). The first-order valence-electron chi connectivity index (χ1n) is 7.83. The maximum atomic E-state index is 11.4. The van der Waals surface area contributed by atoms with Crippen LogP contribution in [-0.4, -0.2) is 15.0 Å². The van der Waals surface area contributed by atoms with E-state index in [-0.39, 0.29) is 10.9 Å². The monoisotopic (exact) mass is 310 g/mol. The minimum Gasteiger partial charge on any atom is -0.310 e. The van der Waals surface area contributed by atoms with Crippen molar-refractivity contribution in [1.82, 2.24) is 5.32 Å². The molecule has 21 heavy (non-hydrogen) atoms. The number of primary sulfonamides is 1. The van der Waals surface area contributed by atoms with Gasteiger partial charge in [-0.1, -0.05) is 37.8 Å². The summed E-state index contributed by atoms with van der Waals surface area (Å²) in [5.74, 6) is 0.924. The van der Waals surface area contributed by atoms with Crippen LogP contribution in [0.5, 0.6) is 0 Å². The Bertz CT molecular complexity index is 551. The van der Waals surface area contributed by atoms with Gasteiger partial charge in [-0.3, -0.25) is 0 Å². The zero-order valence-corrected chi connectivity index (χ0v) is 13.5. The molecule has 1 saturated carbocycles. The lowest BCUT2D eigenvalue weighted by molar-refractivity contribution is 0.456. The molecule has 4 nitrogen and oxygen atoms in total. The van der Waals surface area contributed by atoms with Crippen molar-refractivity contribution in [2.75, 3.05) is 6.54 Å². The lowest BCUT2D eigenvalue weighted by Gasteiger charge is -2.16. The Morgan fingerprint density at radius 1 is 1.33 bits per heavy atom. The summed E-state index contributed by atoms with van der Waals surface area (Å²) >= 11 is 0. The molecule has 118 valence electrons. The van der Waals surface area contributed by atoms with Gasteiger partial charge in [-0.15, -0.1) is 0 Å². The van der Waals surface area contributed by atoms with E-state index in [0.29, 0.717) is 0 Å². The highest BCUT2D eigenvalue weighted by Crippen LogP contribution is 2.28. The fourth-order valence-corrected chi connectivity index (χ4v) is 3.66. The van der Waals surface area contributed by atoms with Crippen LogP contribution in [0.4, 0.5) is 0 Å². The molecule has 1 aromatic carbocycles. The Balaban J connectivity index is 1.81. The van der Waals surface area contributed by atoms with E-state index in [1.54, 1.807) is 12.1 Å². The minimum atomic E-state index is -3.62. The predicted octanol–water partition coefficient (Wildman–Crippen LogP) is 2.96. The van der Waals surface area contributed by atoms with Crippen molar-refractivity contribution < 1.29 is 8.42 Å². The van der Waals surface area contributed by atoms with Crippen LogP contribution in [0.25, 0.3) is 0 Å². The average molecular weight is 310 g/mol. The molecule has 0 radical (unpaired) electrons. The van der Waals surface area contributed by atoms with Gasteiger partial charge in [0.15, 0.2) is 0 Å². The van der Waals surface area contributed by atoms with Crippen LogP contribution in [0.1, 0.15) is 57.1 Å². The minimum absolute atomic E-state index is 0.135. The van der Waals surface area contributed by atoms with Gasteiger partial charge in [0, 0.05) is 6.04 Å². The topological polar surface area (TPSA) is 72.2 Å². The van der Waals surface area contributed by atoms with Crippen LogP contribution in [0.2, 0.25) is 0 Å². The van der Waals surface area contributed by atoms with Crippen molar-refractivity contribution in [2.24, 2.45) is 11.1 Å². The molecule has 0 spiro atoms. The van der Waals surface area contributed by atoms with Crippen molar-refractivity contribution in [3.8, 4) is 0 Å². The summed E-state index contributed by atoms with van der Waals surface area (Å²) < 4.78 is 22.7. The van der Waals surface area contributed by atoms with Crippen LogP contribution in [0, 0.1) is 5.92 Å². The summed E-state index contributed by atoms with van der Waals surface area (Å²) in [6.45, 7) is 3.02. The molecule has 1 fully saturated rings. The third-order valence-electron chi connectivity index (χ3n) is 4.40. The van der Waals surface area contributed by atoms with Gasteiger partial charge < -0.3 is 5.32 Å². The van der Waals surface area contributed by atoms with Crippen LogP contribution < -0.4 is 10.5 Å². The van der Waals surface area contributed by atoms with Crippen molar-refractivity contribution in [1.29, 1.82) is 0 Å². The number of hydrogen-bond acceptors (Lipinski definition) is 3. The second-order valence-corrected chi connectivity index (χ2v) is 7.65. The van der Waals surface area contributed by atoms with Gasteiger partial charge in [-0.25, -0.2) is 13.6 Å². The molecular weight excluding hydrogens is 284 g/mol. The molecule has 0 saturated heterocycles. The van der Waals surface area contributed by atoms with Crippen LogP contribution in [0.15, 0.2) is 29.2 Å². The van der Waals surface area contributed by atoms with Gasteiger partial charge in [0.1, 0.15) is 0 Å². The number of nitrogens with two attached hydrogens (primary N) is 1. The van der Waals surface area contributed by atoms with E-state index >= 15 is 0 Å². The van der Waals surface area contributed by atoms with E-state index < -0.39 is 10.0 Å². The third kappa shape index (κ3) is 5.09. The molecule has 1 aliphatic rings. The van der Waals surface area contributed by atoms with Crippen LogP contribution in [-0.2, 0) is 10.0 Å². The Hall–Kier alpha value is -0.910. The molecule has 0 aromatic heterocycles. The quantitative estimate of drug-likeness (QED) is 0.761. The Kier molecular flexibility index (Phi) is 5.79. The summed E-state index contributed by atoms with van der Waals surface area (Å²) in [4.78, 5) is 0.180. The van der Waals surface area contributed by atoms with Gasteiger partial charge >= 0.3 is 0 Å². The molecule has 1 atom stereocenters. The van der Waals surface area contributed by atoms with Gasteiger partial charge in [0.2, 0.25) is 10.0 Å². The van der Waals surface area contributed by atoms with Gasteiger partial charge in [0.25, 0.3) is 0 Å². The molecule has 0 heterocycles. The molecular formula is C16H26N2O2S. The zero-order valence-electron chi connectivity index (χ0n) is 12.7. The highest BCUT2D eigenvalue weighted by Gasteiger charge is 2.15. The smallest absolute Gasteiger partial charge is 0.238 e. The van der Waals surface area contributed by atoms with Crippen molar-refractivity contribution in [3.63, 3.8) is 0 Å². The summed E-state index contributed by atoms with van der Waals surface area (Å²) in [7, 11) is -3.62. The lowest BCUT2D eigenvalue weighted by Crippen LogP contribution is -2.21. The summed E-state index contributed by atoms with van der Waals surface area (Å²) in [6, 6.07) is 7.00. The summed E-state index contributed by atoms with van der Waals surface area (Å²) in [5.41, 5.74) is 0.961. The second kappa shape index (κ2) is 7.38. The lowest BCUT2D eigenvalue weighted by atomic mass is 10.0. The highest BCUT2D eigenvalue weighted by molar-refractivity contribution is 7.89. The number of hydrogen-bond donors (Lipinski definition) is 2. The van der Waals surface area contributed by atoms with Gasteiger partial charge in [0.05, 0.1) is 4.90 Å². The van der Waals surface area contributed by atoms with E-state index in [1.165, 1.54) is 44.6 Å². The number of benzene rings is 1. The number of sulfonamides is 1. The maximum absolute atomic E-state index is 11.4. The maximum Gasteiger partial charge on any atom is 0.238 e. The fourth-order valence-electron chi connectivity index (χ4n) is 3.09. The third-order valence-corrected chi connectivity index (χ3v) is 5.31. The van der Waals surface area contributed by atoms with Crippen LogP contribution in [0.3, 0.4) is 0 Å². The Morgan fingerprint density at radius 3 is 2.71 bits per heavy atom. The van der Waals surface area contributed by atoms with Crippen LogP contribution >= 0.6 is 0 Å². The van der Waals surface area contributed by atoms with E-state index in [0.717, 1.165) is 18.0 Å². The predicted molar refractivity (Wildman–Crippen MR) is 85.4 cm³/mol. The standard InChI is InChI=1S/C16H26N2O2S/c1-13(18-11-5-8-14-6-2-3-7-14)15-9-4-10-16(12-15)21(17,19)20/h4,9-10,12-14,18H,2-3,5-8,11H2,1H3,(H2,17,19,20). The molecule has 1 aromatic rings. The molecule has 0 bridgehead atoms. The molecule has 0 amide bonds.